The Hall–Kier alpha value is -8.35. The molecule has 68 heavy (non-hydrogen) atoms. The zero-order chi connectivity index (χ0) is 47.0. The molecule has 0 saturated carbocycles. The molecule has 0 saturated heterocycles. The summed E-state index contributed by atoms with van der Waals surface area (Å²) in [5, 5.41) is 0. The molecule has 0 unspecified atom stereocenters. The predicted molar refractivity (Wildman–Crippen MR) is 262 cm³/mol. The first-order valence-electron chi connectivity index (χ1n) is 21.6. The lowest BCUT2D eigenvalue weighted by Crippen LogP contribution is -2.28. The number of imidazole rings is 2. The number of rotatable bonds is 11. The molecular weight excluding hydrogens is 880 g/mol. The van der Waals surface area contributed by atoms with E-state index in [-0.39, 0.29) is 5.56 Å². The smallest absolute Gasteiger partial charge is 0.375 e. The molecule has 10 aromatic rings. The highest BCUT2D eigenvalue weighted by Crippen LogP contribution is 2.45. The van der Waals surface area contributed by atoms with Gasteiger partial charge in [0.1, 0.15) is 11.6 Å². The Labute approximate surface area is 391 Å². The first-order chi connectivity index (χ1) is 32.9. The van der Waals surface area contributed by atoms with Gasteiger partial charge in [0.25, 0.3) is 0 Å². The van der Waals surface area contributed by atoms with Crippen molar-refractivity contribution in [3.63, 3.8) is 0 Å². The summed E-state index contributed by atoms with van der Waals surface area (Å²) in [4.78, 5) is 13.4. The molecule has 0 spiro atoms. The fourth-order valence-electron chi connectivity index (χ4n) is 8.59. The Balaban J connectivity index is 1.16. The van der Waals surface area contributed by atoms with Gasteiger partial charge in [0.15, 0.2) is 5.75 Å². The quantitative estimate of drug-likeness (QED) is 0.0948. The molecule has 0 fully saturated rings. The highest BCUT2D eigenvalue weighted by molar-refractivity contribution is 7.88. The molecule has 0 bridgehead atoms. The number of halogens is 3. The van der Waals surface area contributed by atoms with E-state index in [1.165, 1.54) is 6.07 Å². The Morgan fingerprint density at radius 1 is 0.412 bits per heavy atom. The zero-order valence-electron chi connectivity index (χ0n) is 36.6. The third-order valence-corrected chi connectivity index (χ3v) is 12.9. The summed E-state index contributed by atoms with van der Waals surface area (Å²) in [6.07, 6.45) is 8.90. The van der Waals surface area contributed by atoms with Gasteiger partial charge in [-0.2, -0.15) is 21.6 Å². The summed E-state index contributed by atoms with van der Waals surface area (Å²) < 4.78 is 76.4. The van der Waals surface area contributed by atoms with E-state index >= 15 is 0 Å². The van der Waals surface area contributed by atoms with Gasteiger partial charge in [0.2, 0.25) is 0 Å². The molecule has 0 aliphatic rings. The van der Waals surface area contributed by atoms with Crippen LogP contribution in [0.3, 0.4) is 0 Å². The average molecular weight is 920 g/mol. The van der Waals surface area contributed by atoms with Crippen LogP contribution in [0, 0.1) is 0 Å². The highest BCUT2D eigenvalue weighted by Gasteiger charge is 2.49. The van der Waals surface area contributed by atoms with Crippen molar-refractivity contribution in [3.8, 4) is 107 Å². The van der Waals surface area contributed by atoms with Crippen LogP contribution in [-0.4, -0.2) is 38.0 Å². The fourth-order valence-corrected chi connectivity index (χ4v) is 9.06. The molecule has 0 aliphatic heterocycles. The summed E-state index contributed by atoms with van der Waals surface area (Å²) >= 11 is 0. The molecule has 8 nitrogen and oxygen atoms in total. The van der Waals surface area contributed by atoms with E-state index in [4.69, 9.17) is 4.18 Å². The average Bonchev–Trinajstić information content (AvgIpc) is 4.01. The summed E-state index contributed by atoms with van der Waals surface area (Å²) in [6.45, 7) is 0. The largest absolute Gasteiger partial charge is 0.534 e. The van der Waals surface area contributed by atoms with Crippen LogP contribution in [0.1, 0.15) is 0 Å². The van der Waals surface area contributed by atoms with E-state index in [1.807, 2.05) is 72.0 Å². The van der Waals surface area contributed by atoms with Crippen molar-refractivity contribution in [3.05, 3.63) is 207 Å². The molecular formula is C56H40F3N5O3S. The molecule has 0 atom stereocenters. The van der Waals surface area contributed by atoms with Crippen molar-refractivity contribution in [2.45, 2.75) is 5.51 Å². The van der Waals surface area contributed by atoms with Crippen molar-refractivity contribution < 1.29 is 25.8 Å². The lowest BCUT2D eigenvalue weighted by Gasteiger charge is -2.19. The van der Waals surface area contributed by atoms with Crippen molar-refractivity contribution in [1.82, 2.24) is 24.1 Å². The minimum Gasteiger partial charge on any atom is -0.375 e. The van der Waals surface area contributed by atoms with E-state index in [0.717, 1.165) is 72.8 Å². The topological polar surface area (TPSA) is 91.9 Å². The van der Waals surface area contributed by atoms with Crippen LogP contribution in [0.15, 0.2) is 207 Å². The molecule has 12 heteroatoms. The SMILES string of the molecule is Cn1ccnc1-c1ccc(-c2ccccc2-c2cc(-c3ccccc3-c3ccc(-c4nccn4C)cc3)cc(-c3ccccc3-c3ccc(-c4ccccn4)cc3OS(=O)(=O)C(F)(F)F)c2)cc1. The van der Waals surface area contributed by atoms with Gasteiger partial charge in [-0.05, 0) is 104 Å². The second-order valence-electron chi connectivity index (χ2n) is 16.2. The Kier molecular flexibility index (Phi) is 11.4. The fraction of sp³-hybridized carbons (Fsp3) is 0.0536. The summed E-state index contributed by atoms with van der Waals surface area (Å²) in [5.74, 6) is 1.21. The number of aromatic nitrogens is 5. The summed E-state index contributed by atoms with van der Waals surface area (Å²) in [5.41, 5.74) is 6.58. The lowest BCUT2D eigenvalue weighted by atomic mass is 9.86. The summed E-state index contributed by atoms with van der Waals surface area (Å²) in [6, 6.07) is 56.0. The second-order valence-corrected chi connectivity index (χ2v) is 17.8. The number of hydrogen-bond donors (Lipinski definition) is 0. The first-order valence-corrected chi connectivity index (χ1v) is 23.0. The van der Waals surface area contributed by atoms with E-state index in [2.05, 4.69) is 106 Å². The second kappa shape index (κ2) is 17.8. The van der Waals surface area contributed by atoms with Gasteiger partial charge in [-0.15, -0.1) is 0 Å². The number of alkyl halides is 3. The number of aryl methyl sites for hydroxylation is 2. The molecule has 3 heterocycles. The van der Waals surface area contributed by atoms with Gasteiger partial charge in [-0.3, -0.25) is 4.98 Å². The Bertz CT molecular complexity index is 3420. The maximum atomic E-state index is 14.0. The Morgan fingerprint density at radius 2 is 0.809 bits per heavy atom. The lowest BCUT2D eigenvalue weighted by molar-refractivity contribution is -0.0499. The molecule has 7 aromatic carbocycles. The molecule has 0 N–H and O–H groups in total. The van der Waals surface area contributed by atoms with Gasteiger partial charge < -0.3 is 13.3 Å². The van der Waals surface area contributed by atoms with E-state index in [0.29, 0.717) is 22.4 Å². The van der Waals surface area contributed by atoms with Crippen LogP contribution >= 0.6 is 0 Å². The van der Waals surface area contributed by atoms with E-state index in [1.54, 1.807) is 61.1 Å². The Morgan fingerprint density at radius 3 is 1.22 bits per heavy atom. The van der Waals surface area contributed by atoms with E-state index < -0.39 is 21.4 Å². The number of nitrogens with zero attached hydrogens (tertiary/aromatic N) is 5. The van der Waals surface area contributed by atoms with Gasteiger partial charge in [0.05, 0.1) is 5.69 Å². The minimum absolute atomic E-state index is 0.140. The molecule has 3 aromatic heterocycles. The van der Waals surface area contributed by atoms with Gasteiger partial charge in [0, 0.05) is 67.3 Å². The maximum absolute atomic E-state index is 14.0. The zero-order valence-corrected chi connectivity index (χ0v) is 37.4. The highest BCUT2D eigenvalue weighted by atomic mass is 32.2. The predicted octanol–water partition coefficient (Wildman–Crippen LogP) is 13.8. The van der Waals surface area contributed by atoms with E-state index in [9.17, 15) is 21.6 Å². The monoisotopic (exact) mass is 919 g/mol. The number of pyridine rings is 1. The van der Waals surface area contributed by atoms with Crippen molar-refractivity contribution in [1.29, 1.82) is 0 Å². The van der Waals surface area contributed by atoms with Crippen LogP contribution in [-0.2, 0) is 24.2 Å². The summed E-state index contributed by atoms with van der Waals surface area (Å²) in [7, 11) is -2.16. The van der Waals surface area contributed by atoms with Gasteiger partial charge in [-0.25, -0.2) is 9.97 Å². The van der Waals surface area contributed by atoms with Crippen LogP contribution in [0.5, 0.6) is 5.75 Å². The van der Waals surface area contributed by atoms with Crippen molar-refractivity contribution >= 4 is 10.1 Å². The normalized spacial score (nSPS) is 11.7. The first kappa shape index (κ1) is 43.5. The van der Waals surface area contributed by atoms with Gasteiger partial charge >= 0.3 is 15.6 Å². The van der Waals surface area contributed by atoms with Gasteiger partial charge in [-0.1, -0.05) is 133 Å². The molecule has 0 radical (unpaired) electrons. The molecule has 0 amide bonds. The van der Waals surface area contributed by atoms with Crippen molar-refractivity contribution in [2.24, 2.45) is 14.1 Å². The third kappa shape index (κ3) is 8.49. The molecule has 10 rings (SSSR count). The minimum atomic E-state index is -6.07. The number of hydrogen-bond acceptors (Lipinski definition) is 6. The number of benzene rings is 7. The molecule has 334 valence electrons. The standard InChI is InChI=1S/C56H40F3N5O3S/c1-63-31-29-61-54(63)39-22-18-37(19-23-39)45-11-3-5-13-47(45)42-33-43(48-14-6-4-12-46(48)38-20-24-40(25-21-38)55-62-30-32-64(55)2)35-44(34-42)49-15-7-8-16-50(49)51-27-26-41(52-17-9-10-28-60-52)36-53(51)67-68(65,66)56(57,58)59/h3-36H,1-2H3. The maximum Gasteiger partial charge on any atom is 0.534 e. The van der Waals surface area contributed by atoms with Crippen molar-refractivity contribution in [2.75, 3.05) is 0 Å². The molecule has 0 aliphatic carbocycles. The van der Waals surface area contributed by atoms with Crippen LogP contribution in [0.4, 0.5) is 13.2 Å². The van der Waals surface area contributed by atoms with Crippen LogP contribution in [0.25, 0.3) is 101 Å². The van der Waals surface area contributed by atoms with Crippen LogP contribution in [0.2, 0.25) is 0 Å². The van der Waals surface area contributed by atoms with Crippen LogP contribution < -0.4 is 4.18 Å². The third-order valence-electron chi connectivity index (χ3n) is 11.9.